The number of ketones is 1. The number of fused-ring (bicyclic) bond motifs is 1. The van der Waals surface area contributed by atoms with Gasteiger partial charge < -0.3 is 4.74 Å². The van der Waals surface area contributed by atoms with Crippen molar-refractivity contribution in [3.63, 3.8) is 0 Å². The first-order chi connectivity index (χ1) is 6.66. The maximum Gasteiger partial charge on any atom is 0.200 e. The molecule has 1 aliphatic carbocycles. The van der Waals surface area contributed by atoms with Crippen LogP contribution in [-0.4, -0.2) is 19.1 Å². The number of alkyl halides is 2. The van der Waals surface area contributed by atoms with Crippen LogP contribution in [-0.2, 0) is 0 Å². The molecule has 2 rings (SSSR count). The average Bonchev–Trinajstić information content (AvgIpc) is 2.44. The minimum atomic E-state index is -2.08. The van der Waals surface area contributed by atoms with Crippen molar-refractivity contribution in [2.75, 3.05) is 7.11 Å². The van der Waals surface area contributed by atoms with E-state index in [0.29, 0.717) is 0 Å². The highest BCUT2D eigenvalue weighted by Gasteiger charge is 2.42. The molecule has 0 bridgehead atoms. The lowest BCUT2D eigenvalue weighted by Gasteiger charge is -2.07. The van der Waals surface area contributed by atoms with E-state index in [-0.39, 0.29) is 16.9 Å². The monoisotopic (exact) mass is 198 g/mol. The lowest BCUT2D eigenvalue weighted by Crippen LogP contribution is -2.10. The molecular formula is C10H8F2O2. The van der Waals surface area contributed by atoms with Gasteiger partial charge in [-0.15, -0.1) is 0 Å². The van der Waals surface area contributed by atoms with Crippen molar-refractivity contribution in [3.8, 4) is 5.75 Å². The molecule has 1 aromatic rings. The van der Waals surface area contributed by atoms with E-state index < -0.39 is 18.1 Å². The summed E-state index contributed by atoms with van der Waals surface area (Å²) in [5.74, 6) is -0.574. The van der Waals surface area contributed by atoms with Crippen LogP contribution < -0.4 is 4.74 Å². The first kappa shape index (κ1) is 9.12. The first-order valence-electron chi connectivity index (χ1n) is 4.16. The molecule has 0 saturated carbocycles. The molecule has 1 aromatic carbocycles. The molecule has 1 aliphatic rings. The summed E-state index contributed by atoms with van der Waals surface area (Å²) in [6, 6.07) is 4.46. The average molecular weight is 198 g/mol. The number of halogens is 2. The van der Waals surface area contributed by atoms with Crippen LogP contribution >= 0.6 is 0 Å². The standard InChI is InChI=1S/C10H8F2O2/c1-14-6-4-2-3-5-7(6)8(11)9(12)10(5)13/h2-4,8-9H,1H3. The molecule has 74 valence electrons. The predicted octanol–water partition coefficient (Wildman–Crippen LogP) is 2.24. The fourth-order valence-electron chi connectivity index (χ4n) is 1.65. The van der Waals surface area contributed by atoms with Gasteiger partial charge in [-0.25, -0.2) is 8.78 Å². The Labute approximate surface area is 79.5 Å². The molecule has 0 aromatic heterocycles. The Balaban J connectivity index is 2.63. The largest absolute Gasteiger partial charge is 0.496 e. The first-order valence-corrected chi connectivity index (χ1v) is 4.16. The highest BCUT2D eigenvalue weighted by Crippen LogP contribution is 2.41. The molecule has 2 nitrogen and oxygen atoms in total. The van der Waals surface area contributed by atoms with Crippen molar-refractivity contribution in [3.05, 3.63) is 29.3 Å². The zero-order chi connectivity index (χ0) is 10.3. The number of ether oxygens (including phenoxy) is 1. The van der Waals surface area contributed by atoms with Crippen molar-refractivity contribution in [2.45, 2.75) is 12.3 Å². The molecule has 0 saturated heterocycles. The molecule has 0 aliphatic heterocycles. The SMILES string of the molecule is COc1cccc2c1C(F)C(F)C2=O. The minimum absolute atomic E-state index is 0.0347. The lowest BCUT2D eigenvalue weighted by atomic mass is 10.1. The van der Waals surface area contributed by atoms with Gasteiger partial charge in [-0.2, -0.15) is 0 Å². The Morgan fingerprint density at radius 3 is 2.64 bits per heavy atom. The van der Waals surface area contributed by atoms with Crippen LogP contribution in [0.4, 0.5) is 8.78 Å². The summed E-state index contributed by atoms with van der Waals surface area (Å²) in [5.41, 5.74) is 0.122. The van der Waals surface area contributed by atoms with Crippen LogP contribution in [0.3, 0.4) is 0 Å². The van der Waals surface area contributed by atoms with Gasteiger partial charge in [-0.05, 0) is 6.07 Å². The normalized spacial score (nSPS) is 24.9. The van der Waals surface area contributed by atoms with Crippen LogP contribution in [0.5, 0.6) is 5.75 Å². The number of Topliss-reactive ketones (excluding diaryl/α,β-unsaturated/α-hetero) is 1. The van der Waals surface area contributed by atoms with Gasteiger partial charge in [-0.3, -0.25) is 4.79 Å². The van der Waals surface area contributed by atoms with Crippen molar-refractivity contribution in [1.29, 1.82) is 0 Å². The van der Waals surface area contributed by atoms with E-state index in [1.807, 2.05) is 0 Å². The van der Waals surface area contributed by atoms with Gasteiger partial charge in [0.25, 0.3) is 0 Å². The molecule has 0 amide bonds. The topological polar surface area (TPSA) is 26.3 Å². The Morgan fingerprint density at radius 1 is 1.29 bits per heavy atom. The van der Waals surface area contributed by atoms with Gasteiger partial charge in [0.15, 0.2) is 12.3 Å². The number of methoxy groups -OCH3 is 1. The quantitative estimate of drug-likeness (QED) is 0.691. The Bertz CT molecular complexity index is 390. The predicted molar refractivity (Wildman–Crippen MR) is 46.1 cm³/mol. The lowest BCUT2D eigenvalue weighted by molar-refractivity contribution is 0.0811. The molecule has 0 spiro atoms. The van der Waals surface area contributed by atoms with Crippen LogP contribution in [0.1, 0.15) is 22.1 Å². The number of hydrogen-bond donors (Lipinski definition) is 0. The fourth-order valence-corrected chi connectivity index (χ4v) is 1.65. The molecule has 4 heteroatoms. The van der Waals surface area contributed by atoms with Gasteiger partial charge in [0.05, 0.1) is 7.11 Å². The highest BCUT2D eigenvalue weighted by molar-refractivity contribution is 6.05. The fraction of sp³-hybridized carbons (Fsp3) is 0.300. The Hall–Kier alpha value is -1.45. The maximum absolute atomic E-state index is 13.3. The second-order valence-corrected chi connectivity index (χ2v) is 3.09. The molecule has 0 N–H and O–H groups in total. The molecule has 14 heavy (non-hydrogen) atoms. The van der Waals surface area contributed by atoms with Crippen LogP contribution in [0.25, 0.3) is 0 Å². The molecule has 0 heterocycles. The molecule has 0 radical (unpaired) electrons. The van der Waals surface area contributed by atoms with E-state index in [0.717, 1.165) is 0 Å². The van der Waals surface area contributed by atoms with E-state index in [1.165, 1.54) is 19.2 Å². The highest BCUT2D eigenvalue weighted by atomic mass is 19.2. The summed E-state index contributed by atoms with van der Waals surface area (Å²) < 4.78 is 31.2. The van der Waals surface area contributed by atoms with Crippen molar-refractivity contribution in [1.82, 2.24) is 0 Å². The minimum Gasteiger partial charge on any atom is -0.496 e. The van der Waals surface area contributed by atoms with E-state index in [2.05, 4.69) is 0 Å². The summed E-state index contributed by atoms with van der Waals surface area (Å²) in [6.07, 6.45) is -3.98. The molecular weight excluding hydrogens is 190 g/mol. The third-order valence-corrected chi connectivity index (χ3v) is 2.33. The number of carbonyl (C=O) groups excluding carboxylic acids is 1. The summed E-state index contributed by atoms with van der Waals surface area (Å²) in [7, 11) is 1.36. The summed E-state index contributed by atoms with van der Waals surface area (Å²) in [5, 5.41) is 0. The second-order valence-electron chi connectivity index (χ2n) is 3.09. The van der Waals surface area contributed by atoms with E-state index in [4.69, 9.17) is 4.74 Å². The van der Waals surface area contributed by atoms with E-state index in [1.54, 1.807) is 6.07 Å². The maximum atomic E-state index is 13.3. The van der Waals surface area contributed by atoms with Gasteiger partial charge in [0, 0.05) is 11.1 Å². The van der Waals surface area contributed by atoms with E-state index >= 15 is 0 Å². The Morgan fingerprint density at radius 2 is 2.00 bits per heavy atom. The Kier molecular flexibility index (Phi) is 1.98. The smallest absolute Gasteiger partial charge is 0.200 e. The molecule has 2 unspecified atom stereocenters. The van der Waals surface area contributed by atoms with Gasteiger partial charge in [0.2, 0.25) is 5.78 Å². The summed E-state index contributed by atoms with van der Waals surface area (Å²) in [6.45, 7) is 0. The van der Waals surface area contributed by atoms with Gasteiger partial charge >= 0.3 is 0 Å². The van der Waals surface area contributed by atoms with E-state index in [9.17, 15) is 13.6 Å². The van der Waals surface area contributed by atoms with Gasteiger partial charge in [-0.1, -0.05) is 12.1 Å². The number of rotatable bonds is 1. The van der Waals surface area contributed by atoms with Crippen LogP contribution in [0.2, 0.25) is 0 Å². The summed E-state index contributed by atoms with van der Waals surface area (Å²) in [4.78, 5) is 11.2. The third-order valence-electron chi connectivity index (χ3n) is 2.33. The molecule has 0 fully saturated rings. The zero-order valence-corrected chi connectivity index (χ0v) is 7.46. The number of carbonyl (C=O) groups is 1. The second kappa shape index (κ2) is 3.04. The van der Waals surface area contributed by atoms with Crippen molar-refractivity contribution in [2.24, 2.45) is 0 Å². The van der Waals surface area contributed by atoms with Crippen LogP contribution in [0.15, 0.2) is 18.2 Å². The van der Waals surface area contributed by atoms with Crippen LogP contribution in [0, 0.1) is 0 Å². The van der Waals surface area contributed by atoms with Crippen molar-refractivity contribution < 1.29 is 18.3 Å². The summed E-state index contributed by atoms with van der Waals surface area (Å²) >= 11 is 0. The number of benzene rings is 1. The number of hydrogen-bond acceptors (Lipinski definition) is 2. The van der Waals surface area contributed by atoms with Gasteiger partial charge in [0.1, 0.15) is 5.75 Å². The molecule has 2 atom stereocenters. The van der Waals surface area contributed by atoms with Crippen molar-refractivity contribution >= 4 is 5.78 Å². The third kappa shape index (κ3) is 1.03. The zero-order valence-electron chi connectivity index (χ0n) is 7.46.